The molecule has 4 aromatic rings. The lowest BCUT2D eigenvalue weighted by molar-refractivity contribution is 0.256. The van der Waals surface area contributed by atoms with Crippen molar-refractivity contribution in [1.82, 2.24) is 13.9 Å². The quantitative estimate of drug-likeness (QED) is 0.466. The van der Waals surface area contributed by atoms with Crippen LogP contribution < -0.4 is 4.74 Å². The number of furan rings is 1. The zero-order valence-corrected chi connectivity index (χ0v) is 17.5. The highest BCUT2D eigenvalue weighted by Gasteiger charge is 2.21. The Hall–Kier alpha value is -3.17. The highest BCUT2D eigenvalue weighted by molar-refractivity contribution is 7.88. The molecule has 0 unspecified atom stereocenters. The third-order valence-electron chi connectivity index (χ3n) is 4.69. The highest BCUT2D eigenvalue weighted by atomic mass is 32.2. The first-order valence-electron chi connectivity index (χ1n) is 9.12. The van der Waals surface area contributed by atoms with E-state index in [1.165, 1.54) is 32.3 Å². The second kappa shape index (κ2) is 7.58. The van der Waals surface area contributed by atoms with Gasteiger partial charge in [-0.2, -0.15) is 0 Å². The summed E-state index contributed by atoms with van der Waals surface area (Å²) >= 11 is 0. The van der Waals surface area contributed by atoms with Crippen LogP contribution in [0.1, 0.15) is 5.76 Å². The minimum absolute atomic E-state index is 0.0696. The Morgan fingerprint density at radius 2 is 1.93 bits per heavy atom. The van der Waals surface area contributed by atoms with Gasteiger partial charge in [-0.3, -0.25) is 0 Å². The molecule has 0 bridgehead atoms. The van der Waals surface area contributed by atoms with Crippen LogP contribution in [0.3, 0.4) is 0 Å². The number of hydrogen-bond donors (Lipinski definition) is 0. The number of halogens is 1. The molecule has 7 nitrogen and oxygen atoms in total. The molecule has 0 fully saturated rings. The van der Waals surface area contributed by atoms with Gasteiger partial charge in [-0.05, 0) is 36.4 Å². The van der Waals surface area contributed by atoms with Crippen LogP contribution in [0.2, 0.25) is 0 Å². The largest absolute Gasteiger partial charge is 0.486 e. The molecule has 0 spiro atoms. The van der Waals surface area contributed by atoms with Crippen LogP contribution in [-0.4, -0.2) is 36.4 Å². The Bertz CT molecular complexity index is 1330. The number of sulfonamides is 1. The summed E-state index contributed by atoms with van der Waals surface area (Å²) in [7, 11) is 1.12. The molecule has 4 rings (SSSR count). The maximum absolute atomic E-state index is 13.5. The molecule has 0 amide bonds. The Balaban J connectivity index is 1.55. The van der Waals surface area contributed by atoms with E-state index in [0.29, 0.717) is 22.9 Å². The van der Waals surface area contributed by atoms with Crippen LogP contribution in [0.15, 0.2) is 64.1 Å². The summed E-state index contributed by atoms with van der Waals surface area (Å²) in [5, 5.41) is -0.133. The molecule has 30 heavy (non-hydrogen) atoms. The van der Waals surface area contributed by atoms with Crippen molar-refractivity contribution in [3.63, 3.8) is 0 Å². The predicted octanol–water partition coefficient (Wildman–Crippen LogP) is 3.80. The molecule has 0 atom stereocenters. The third kappa shape index (κ3) is 3.69. The zero-order chi connectivity index (χ0) is 21.5. The summed E-state index contributed by atoms with van der Waals surface area (Å²) in [6, 6.07) is 14.8. The average molecular weight is 429 g/mol. The van der Waals surface area contributed by atoms with Gasteiger partial charge in [0.2, 0.25) is 5.09 Å². The fourth-order valence-corrected chi connectivity index (χ4v) is 3.88. The summed E-state index contributed by atoms with van der Waals surface area (Å²) in [5.41, 5.74) is 2.20. The second-order valence-corrected chi connectivity index (χ2v) is 9.03. The van der Waals surface area contributed by atoms with Gasteiger partial charge in [0.05, 0.1) is 11.0 Å². The van der Waals surface area contributed by atoms with Crippen molar-refractivity contribution in [3.8, 4) is 17.1 Å². The third-order valence-corrected chi connectivity index (χ3v) is 6.38. The summed E-state index contributed by atoms with van der Waals surface area (Å²) in [4.78, 5) is 4.53. The standard InChI is InChI=1S/C21H20FN3O4S/c1-24(2)30(26,27)20-10-8-17(29-20)13-28-16-6-4-5-14(11-16)21-23-18-12-15(22)7-9-19(18)25(21)3/h4-12H,13H2,1-3H3. The van der Waals surface area contributed by atoms with E-state index in [1.807, 2.05) is 29.8 Å². The molecule has 0 radical (unpaired) electrons. The van der Waals surface area contributed by atoms with Crippen molar-refractivity contribution in [2.75, 3.05) is 14.1 Å². The van der Waals surface area contributed by atoms with Crippen molar-refractivity contribution in [3.05, 3.63) is 66.2 Å². The number of fused-ring (bicyclic) bond motifs is 1. The molecule has 156 valence electrons. The van der Waals surface area contributed by atoms with E-state index in [-0.39, 0.29) is 17.5 Å². The summed E-state index contributed by atoms with van der Waals surface area (Å²) in [6.07, 6.45) is 0. The Morgan fingerprint density at radius 1 is 1.13 bits per heavy atom. The molecule has 0 aliphatic heterocycles. The van der Waals surface area contributed by atoms with Crippen molar-refractivity contribution < 1.29 is 22.0 Å². The van der Waals surface area contributed by atoms with Gasteiger partial charge >= 0.3 is 0 Å². The maximum atomic E-state index is 13.5. The fraction of sp³-hybridized carbons (Fsp3) is 0.190. The van der Waals surface area contributed by atoms with Crippen molar-refractivity contribution >= 4 is 21.1 Å². The number of rotatable bonds is 6. The van der Waals surface area contributed by atoms with Crippen LogP contribution >= 0.6 is 0 Å². The summed E-state index contributed by atoms with van der Waals surface area (Å²) in [5.74, 6) is 1.30. The zero-order valence-electron chi connectivity index (χ0n) is 16.7. The van der Waals surface area contributed by atoms with E-state index in [0.717, 1.165) is 15.4 Å². The number of nitrogens with zero attached hydrogens (tertiary/aromatic N) is 3. The van der Waals surface area contributed by atoms with Crippen LogP contribution in [0, 0.1) is 5.82 Å². The topological polar surface area (TPSA) is 77.6 Å². The number of aromatic nitrogens is 2. The molecule has 2 heterocycles. The van der Waals surface area contributed by atoms with Gasteiger partial charge in [0.1, 0.15) is 29.8 Å². The molecule has 0 aliphatic carbocycles. The monoisotopic (exact) mass is 429 g/mol. The van der Waals surface area contributed by atoms with Crippen LogP contribution in [0.4, 0.5) is 4.39 Å². The van der Waals surface area contributed by atoms with Crippen LogP contribution in [0.5, 0.6) is 5.75 Å². The second-order valence-electron chi connectivity index (χ2n) is 6.95. The molecule has 0 saturated carbocycles. The average Bonchev–Trinajstić information content (AvgIpc) is 3.31. The van der Waals surface area contributed by atoms with Gasteiger partial charge in [-0.1, -0.05) is 12.1 Å². The van der Waals surface area contributed by atoms with Crippen LogP contribution in [0.25, 0.3) is 22.4 Å². The molecule has 9 heteroatoms. The number of benzene rings is 2. The molecule has 2 aromatic carbocycles. The van der Waals surface area contributed by atoms with Crippen LogP contribution in [-0.2, 0) is 23.7 Å². The number of hydrogen-bond acceptors (Lipinski definition) is 5. The van der Waals surface area contributed by atoms with E-state index >= 15 is 0 Å². The van der Waals surface area contributed by atoms with Crippen molar-refractivity contribution in [2.24, 2.45) is 7.05 Å². The number of aryl methyl sites for hydroxylation is 1. The smallest absolute Gasteiger partial charge is 0.275 e. The van der Waals surface area contributed by atoms with Gasteiger partial charge in [-0.25, -0.2) is 22.1 Å². The first kappa shape index (κ1) is 20.1. The first-order valence-corrected chi connectivity index (χ1v) is 10.6. The molecule has 0 N–H and O–H groups in total. The lowest BCUT2D eigenvalue weighted by Gasteiger charge is -2.09. The van der Waals surface area contributed by atoms with Crippen molar-refractivity contribution in [2.45, 2.75) is 11.7 Å². The van der Waals surface area contributed by atoms with Gasteiger partial charge in [0.25, 0.3) is 10.0 Å². The Morgan fingerprint density at radius 3 is 2.70 bits per heavy atom. The predicted molar refractivity (Wildman–Crippen MR) is 110 cm³/mol. The molecule has 0 saturated heterocycles. The van der Waals surface area contributed by atoms with Gasteiger partial charge in [-0.15, -0.1) is 0 Å². The SMILES string of the molecule is CN(C)S(=O)(=O)c1ccc(COc2cccc(-c3nc4cc(F)ccc4n3C)c2)o1. The Labute approximate surface area is 173 Å². The highest BCUT2D eigenvalue weighted by Crippen LogP contribution is 2.27. The van der Waals surface area contributed by atoms with E-state index < -0.39 is 10.0 Å². The fourth-order valence-electron chi connectivity index (χ4n) is 3.06. The first-order chi connectivity index (χ1) is 14.3. The van der Waals surface area contributed by atoms with Crippen molar-refractivity contribution in [1.29, 1.82) is 0 Å². The molecule has 0 aliphatic rings. The molecular formula is C21H20FN3O4S. The summed E-state index contributed by atoms with van der Waals surface area (Å²) < 4.78 is 51.9. The molecular weight excluding hydrogens is 409 g/mol. The maximum Gasteiger partial charge on any atom is 0.275 e. The van der Waals surface area contributed by atoms with Gasteiger partial charge in [0.15, 0.2) is 0 Å². The van der Waals surface area contributed by atoms with E-state index in [9.17, 15) is 12.8 Å². The minimum Gasteiger partial charge on any atom is -0.486 e. The summed E-state index contributed by atoms with van der Waals surface area (Å²) in [6.45, 7) is 0.0696. The number of imidazole rings is 1. The lowest BCUT2D eigenvalue weighted by atomic mass is 10.2. The minimum atomic E-state index is -3.63. The number of ether oxygens (including phenoxy) is 1. The van der Waals surface area contributed by atoms with Gasteiger partial charge in [0, 0.05) is 32.8 Å². The van der Waals surface area contributed by atoms with E-state index in [2.05, 4.69) is 4.98 Å². The normalized spacial score (nSPS) is 12.0. The van der Waals surface area contributed by atoms with Gasteiger partial charge < -0.3 is 13.7 Å². The van der Waals surface area contributed by atoms with E-state index in [1.54, 1.807) is 18.2 Å². The lowest BCUT2D eigenvalue weighted by Crippen LogP contribution is -2.21. The van der Waals surface area contributed by atoms with E-state index in [4.69, 9.17) is 9.15 Å². The Kier molecular flexibility index (Phi) is 5.08. The molecule has 2 aromatic heterocycles.